The maximum absolute atomic E-state index is 10.7. The van der Waals surface area contributed by atoms with Crippen LogP contribution in [0.25, 0.3) is 0 Å². The predicted molar refractivity (Wildman–Crippen MR) is 38.1 cm³/mol. The van der Waals surface area contributed by atoms with E-state index in [1.807, 2.05) is 0 Å². The van der Waals surface area contributed by atoms with E-state index in [0.29, 0.717) is 0 Å². The van der Waals surface area contributed by atoms with Crippen LogP contribution in [0.4, 0.5) is 0 Å². The van der Waals surface area contributed by atoms with Crippen LogP contribution in [0.3, 0.4) is 0 Å². The number of nitrogens with zero attached hydrogens (tertiary/aromatic N) is 8. The average Bonchev–Trinajstić information content (AvgIpc) is 2.72. The van der Waals surface area contributed by atoms with Crippen LogP contribution in [-0.2, 0) is 0 Å². The highest BCUT2D eigenvalue weighted by atomic mass is 16.6. The third-order valence-electron chi connectivity index (χ3n) is 1.17. The van der Waals surface area contributed by atoms with E-state index < -0.39 is 10.3 Å². The van der Waals surface area contributed by atoms with Gasteiger partial charge in [-0.05, 0) is 10.2 Å². The Hall–Kier alpha value is -2.02. The van der Waals surface area contributed by atoms with Crippen molar-refractivity contribution in [1.82, 2.24) is 0 Å². The molecule has 0 aromatic heterocycles. The number of rotatable bonds is 0. The first-order valence-electron chi connectivity index (χ1n) is 3.25. The minimum atomic E-state index is -0.728. The quantitative estimate of drug-likeness (QED) is 0.326. The maximum atomic E-state index is 10.7. The molecule has 72 valence electrons. The molecule has 2 unspecified atom stereocenters. The van der Waals surface area contributed by atoms with Gasteiger partial charge in [0, 0.05) is 10.4 Å². The van der Waals surface area contributed by atoms with E-state index >= 15 is 0 Å². The van der Waals surface area contributed by atoms with Gasteiger partial charge < -0.3 is 10.4 Å². The largest absolute Gasteiger partial charge is 0.597 e. The van der Waals surface area contributed by atoms with Gasteiger partial charge in [0.05, 0.1) is 10.4 Å². The molecule has 2 aliphatic rings. The molecule has 12 nitrogen and oxygen atoms in total. The van der Waals surface area contributed by atoms with Gasteiger partial charge in [-0.1, -0.05) is 10.2 Å². The Kier molecular flexibility index (Phi) is 2.07. The lowest BCUT2D eigenvalue weighted by Gasteiger charge is -2.04. The highest BCUT2D eigenvalue weighted by Gasteiger charge is 2.18. The number of hydroxylamine groups is 2. The molecule has 0 radical (unpaired) electrons. The summed E-state index contributed by atoms with van der Waals surface area (Å²) in [5.74, 6) is -0.625. The summed E-state index contributed by atoms with van der Waals surface area (Å²) >= 11 is 0. The fourth-order valence-corrected chi connectivity index (χ4v) is 0.606. The molecule has 2 N–H and O–H groups in total. The molecular formula is C2H2N10O2. The maximum Gasteiger partial charge on any atom is 0.395 e. The average molecular weight is 198 g/mol. The Bertz CT molecular complexity index is 342. The van der Waals surface area contributed by atoms with E-state index in [9.17, 15) is 10.4 Å². The van der Waals surface area contributed by atoms with Crippen LogP contribution < -0.4 is 10.3 Å². The lowest BCUT2D eigenvalue weighted by molar-refractivity contribution is -0.760. The SMILES string of the molecule is [O-][NH+]1N=NN=C1/N=N/C1=NN=N[NH+]1[O-]. The highest BCUT2D eigenvalue weighted by Crippen LogP contribution is 1.88. The topological polar surface area (TPSA) is 154 Å². The molecule has 0 bridgehead atoms. The van der Waals surface area contributed by atoms with Crippen molar-refractivity contribution in [2.75, 3.05) is 0 Å². The Balaban J connectivity index is 2.02. The van der Waals surface area contributed by atoms with Crippen LogP contribution >= 0.6 is 0 Å². The molecule has 0 aliphatic carbocycles. The fourth-order valence-electron chi connectivity index (χ4n) is 0.606. The lowest BCUT2D eigenvalue weighted by atomic mass is 11.0. The van der Waals surface area contributed by atoms with Gasteiger partial charge in [0.15, 0.2) is 0 Å². The molecule has 0 amide bonds. The molecule has 0 saturated carbocycles. The number of guanidine groups is 2. The molecule has 2 rings (SSSR count). The third-order valence-corrected chi connectivity index (χ3v) is 1.17. The van der Waals surface area contributed by atoms with Crippen LogP contribution in [-0.4, -0.2) is 11.9 Å². The summed E-state index contributed by atoms with van der Waals surface area (Å²) in [4.78, 5) is 0. The van der Waals surface area contributed by atoms with Crippen LogP contribution in [0.15, 0.2) is 41.3 Å². The second kappa shape index (κ2) is 3.38. The van der Waals surface area contributed by atoms with Crippen molar-refractivity contribution in [2.45, 2.75) is 0 Å². The minimum absolute atomic E-state index is 0.313. The molecule has 0 fully saturated rings. The molecule has 14 heavy (non-hydrogen) atoms. The normalized spacial score (nSPS) is 30.1. The van der Waals surface area contributed by atoms with Gasteiger partial charge in [-0.2, -0.15) is 10.3 Å². The standard InChI is InChI=1S/C2H2N10O2/c13-11-1(5-7-9-11)3-4-2-6-8-10-12(2)14/h11-12H/b4-3+. The van der Waals surface area contributed by atoms with Crippen LogP contribution in [0, 0.1) is 10.4 Å². The van der Waals surface area contributed by atoms with Crippen LogP contribution in [0.5, 0.6) is 0 Å². The van der Waals surface area contributed by atoms with Crippen molar-refractivity contribution in [1.29, 1.82) is 0 Å². The smallest absolute Gasteiger partial charge is 0.395 e. The number of hydrogen-bond acceptors (Lipinski definition) is 10. The summed E-state index contributed by atoms with van der Waals surface area (Å²) in [7, 11) is 0. The van der Waals surface area contributed by atoms with Crippen molar-refractivity contribution < 1.29 is 10.3 Å². The van der Waals surface area contributed by atoms with Crippen molar-refractivity contribution in [3.63, 3.8) is 0 Å². The van der Waals surface area contributed by atoms with Crippen molar-refractivity contribution in [3.05, 3.63) is 10.4 Å². The van der Waals surface area contributed by atoms with E-state index in [1.165, 1.54) is 0 Å². The van der Waals surface area contributed by atoms with Crippen LogP contribution in [0.1, 0.15) is 0 Å². The zero-order valence-corrected chi connectivity index (χ0v) is 6.39. The lowest BCUT2D eigenvalue weighted by Crippen LogP contribution is -3.04. The summed E-state index contributed by atoms with van der Waals surface area (Å²) < 4.78 is 0. The zero-order valence-electron chi connectivity index (χ0n) is 6.39. The Morgan fingerprint density at radius 1 is 0.857 bits per heavy atom. The third kappa shape index (κ3) is 1.52. The summed E-state index contributed by atoms with van der Waals surface area (Å²) in [5.41, 5.74) is 0. The molecule has 0 spiro atoms. The predicted octanol–water partition coefficient (Wildman–Crippen LogP) is -2.49. The first-order chi connectivity index (χ1) is 6.77. The minimum Gasteiger partial charge on any atom is -0.597 e. The van der Waals surface area contributed by atoms with Gasteiger partial charge in [-0.15, -0.1) is 0 Å². The van der Waals surface area contributed by atoms with Gasteiger partial charge in [0.2, 0.25) is 0 Å². The van der Waals surface area contributed by atoms with Gasteiger partial charge in [-0.25, -0.2) is 0 Å². The number of hydrogen-bond donors (Lipinski definition) is 2. The molecule has 0 aromatic rings. The van der Waals surface area contributed by atoms with Gasteiger partial charge in [0.1, 0.15) is 0 Å². The summed E-state index contributed by atoms with van der Waals surface area (Å²) in [6, 6.07) is 0. The van der Waals surface area contributed by atoms with Gasteiger partial charge in [0.25, 0.3) is 0 Å². The highest BCUT2D eigenvalue weighted by molar-refractivity contribution is 5.76. The monoisotopic (exact) mass is 198 g/mol. The van der Waals surface area contributed by atoms with E-state index in [4.69, 9.17) is 0 Å². The number of azo groups is 1. The molecular weight excluding hydrogens is 196 g/mol. The molecule has 2 atom stereocenters. The van der Waals surface area contributed by atoms with Crippen LogP contribution in [0.2, 0.25) is 0 Å². The number of quaternary nitrogens is 2. The zero-order chi connectivity index (χ0) is 9.97. The molecule has 0 aromatic carbocycles. The molecule has 2 heterocycles. The first kappa shape index (κ1) is 8.57. The van der Waals surface area contributed by atoms with Gasteiger partial charge in [-0.3, -0.25) is 0 Å². The molecule has 12 heteroatoms. The van der Waals surface area contributed by atoms with E-state index in [2.05, 4.69) is 41.3 Å². The van der Waals surface area contributed by atoms with E-state index in [-0.39, 0.29) is 11.9 Å². The number of nitrogens with one attached hydrogen (secondary N) is 2. The summed E-state index contributed by atoms with van der Waals surface area (Å²) in [6.07, 6.45) is 0. The Labute approximate surface area is 75.1 Å². The van der Waals surface area contributed by atoms with E-state index in [1.54, 1.807) is 0 Å². The first-order valence-corrected chi connectivity index (χ1v) is 3.25. The second-order valence-electron chi connectivity index (χ2n) is 2.04. The van der Waals surface area contributed by atoms with Crippen molar-refractivity contribution in [2.24, 2.45) is 41.3 Å². The fraction of sp³-hybridized carbons (Fsp3) is 0. The second-order valence-corrected chi connectivity index (χ2v) is 2.04. The molecule has 0 saturated heterocycles. The van der Waals surface area contributed by atoms with Crippen molar-refractivity contribution >= 4 is 11.9 Å². The summed E-state index contributed by atoms with van der Waals surface area (Å²) in [6.45, 7) is 0. The summed E-state index contributed by atoms with van der Waals surface area (Å²) in [5, 5.41) is 45.3. The van der Waals surface area contributed by atoms with Gasteiger partial charge >= 0.3 is 11.9 Å². The van der Waals surface area contributed by atoms with E-state index in [0.717, 1.165) is 0 Å². The Morgan fingerprint density at radius 3 is 1.57 bits per heavy atom. The Morgan fingerprint density at radius 2 is 1.29 bits per heavy atom. The molecule has 2 aliphatic heterocycles. The van der Waals surface area contributed by atoms with Crippen molar-refractivity contribution in [3.8, 4) is 0 Å².